The molecule has 3 rings (SSSR count). The molecule has 0 radical (unpaired) electrons. The minimum absolute atomic E-state index is 0.0201. The predicted octanol–water partition coefficient (Wildman–Crippen LogP) is 2.18. The molecule has 2 aromatic rings. The van der Waals surface area contributed by atoms with Crippen LogP contribution in [0.4, 0.5) is 0 Å². The summed E-state index contributed by atoms with van der Waals surface area (Å²) in [7, 11) is 1.82. The molecule has 1 aliphatic rings. The standard InChI is InChI=1S/C16H19ClN4O/c1-20-11-13(16(22)21-9-4-7-18-8-10-21)15(19-20)12-5-2-3-6-14(12)17/h2-3,5-6,11,18H,4,7-10H2,1H3. The molecule has 1 aromatic heterocycles. The van der Waals surface area contributed by atoms with Crippen LogP contribution in [0, 0.1) is 0 Å². The molecule has 0 bridgehead atoms. The highest BCUT2D eigenvalue weighted by Crippen LogP contribution is 2.29. The second-order valence-corrected chi connectivity index (χ2v) is 5.85. The van der Waals surface area contributed by atoms with Gasteiger partial charge in [0.1, 0.15) is 5.69 Å². The van der Waals surface area contributed by atoms with E-state index in [9.17, 15) is 4.79 Å². The van der Waals surface area contributed by atoms with E-state index in [4.69, 9.17) is 11.6 Å². The number of hydrogen-bond acceptors (Lipinski definition) is 3. The van der Waals surface area contributed by atoms with E-state index in [1.807, 2.05) is 36.2 Å². The molecule has 0 aliphatic carbocycles. The molecule has 0 unspecified atom stereocenters. The Labute approximate surface area is 134 Å². The molecule has 1 aromatic carbocycles. The van der Waals surface area contributed by atoms with Crippen LogP contribution in [0.1, 0.15) is 16.8 Å². The molecule has 1 fully saturated rings. The minimum atomic E-state index is 0.0201. The van der Waals surface area contributed by atoms with Crippen LogP contribution in [0.15, 0.2) is 30.5 Å². The number of nitrogens with one attached hydrogen (secondary N) is 1. The van der Waals surface area contributed by atoms with Crippen molar-refractivity contribution in [1.82, 2.24) is 20.0 Å². The first-order chi connectivity index (χ1) is 10.7. The second-order valence-electron chi connectivity index (χ2n) is 5.44. The maximum atomic E-state index is 12.9. The first-order valence-electron chi connectivity index (χ1n) is 7.45. The molecular formula is C16H19ClN4O. The minimum Gasteiger partial charge on any atom is -0.337 e. The highest BCUT2D eigenvalue weighted by Gasteiger charge is 2.24. The van der Waals surface area contributed by atoms with Crippen LogP contribution in [-0.2, 0) is 7.05 Å². The second kappa shape index (κ2) is 6.50. The van der Waals surface area contributed by atoms with Gasteiger partial charge >= 0.3 is 0 Å². The fourth-order valence-corrected chi connectivity index (χ4v) is 2.94. The Morgan fingerprint density at radius 2 is 2.09 bits per heavy atom. The molecule has 0 saturated carbocycles. The molecule has 2 heterocycles. The molecule has 0 atom stereocenters. The van der Waals surface area contributed by atoms with Crippen molar-refractivity contribution in [1.29, 1.82) is 0 Å². The molecule has 116 valence electrons. The number of benzene rings is 1. The summed E-state index contributed by atoms with van der Waals surface area (Å²) in [6.45, 7) is 3.26. The number of amides is 1. The van der Waals surface area contributed by atoms with Crippen LogP contribution >= 0.6 is 11.6 Å². The average molecular weight is 319 g/mol. The van der Waals surface area contributed by atoms with Gasteiger partial charge in [-0.1, -0.05) is 29.8 Å². The lowest BCUT2D eigenvalue weighted by Crippen LogP contribution is -2.34. The smallest absolute Gasteiger partial charge is 0.257 e. The lowest BCUT2D eigenvalue weighted by Gasteiger charge is -2.19. The van der Waals surface area contributed by atoms with Crippen LogP contribution in [0.5, 0.6) is 0 Å². The van der Waals surface area contributed by atoms with Crippen molar-refractivity contribution in [3.63, 3.8) is 0 Å². The van der Waals surface area contributed by atoms with Crippen LogP contribution in [0.2, 0.25) is 5.02 Å². The molecular weight excluding hydrogens is 300 g/mol. The van der Waals surface area contributed by atoms with Gasteiger partial charge in [-0.05, 0) is 19.0 Å². The van der Waals surface area contributed by atoms with Crippen LogP contribution in [0.3, 0.4) is 0 Å². The summed E-state index contributed by atoms with van der Waals surface area (Å²) < 4.78 is 1.67. The Hall–Kier alpha value is -1.85. The Balaban J connectivity index is 1.97. The van der Waals surface area contributed by atoms with Gasteiger partial charge < -0.3 is 10.2 Å². The van der Waals surface area contributed by atoms with Crippen LogP contribution in [-0.4, -0.2) is 46.8 Å². The number of nitrogens with zero attached hydrogens (tertiary/aromatic N) is 3. The van der Waals surface area contributed by atoms with E-state index in [0.717, 1.165) is 38.2 Å². The zero-order valence-electron chi connectivity index (χ0n) is 12.6. The molecule has 6 heteroatoms. The van der Waals surface area contributed by atoms with Crippen molar-refractivity contribution >= 4 is 17.5 Å². The van der Waals surface area contributed by atoms with Gasteiger partial charge in [-0.2, -0.15) is 5.10 Å². The third kappa shape index (κ3) is 3.00. The van der Waals surface area contributed by atoms with E-state index in [-0.39, 0.29) is 5.91 Å². The molecule has 22 heavy (non-hydrogen) atoms. The normalized spacial score (nSPS) is 15.6. The summed E-state index contributed by atoms with van der Waals surface area (Å²) in [6, 6.07) is 7.48. The first kappa shape index (κ1) is 15.1. The Morgan fingerprint density at radius 3 is 2.91 bits per heavy atom. The SMILES string of the molecule is Cn1cc(C(=O)N2CCCNCC2)c(-c2ccccc2Cl)n1. The summed E-state index contributed by atoms with van der Waals surface area (Å²) in [6.07, 6.45) is 2.74. The largest absolute Gasteiger partial charge is 0.337 e. The van der Waals surface area contributed by atoms with E-state index >= 15 is 0 Å². The molecule has 1 aliphatic heterocycles. The summed E-state index contributed by atoms with van der Waals surface area (Å²) in [5.74, 6) is 0.0201. The summed E-state index contributed by atoms with van der Waals surface area (Å²) in [5, 5.41) is 8.36. The number of carbonyl (C=O) groups excluding carboxylic acids is 1. The van der Waals surface area contributed by atoms with Crippen LogP contribution in [0.25, 0.3) is 11.3 Å². The summed E-state index contributed by atoms with van der Waals surface area (Å²) >= 11 is 6.27. The maximum absolute atomic E-state index is 12.9. The first-order valence-corrected chi connectivity index (χ1v) is 7.83. The van der Waals surface area contributed by atoms with Crippen molar-refractivity contribution in [2.75, 3.05) is 26.2 Å². The number of aromatic nitrogens is 2. The number of halogens is 1. The fraction of sp³-hybridized carbons (Fsp3) is 0.375. The topological polar surface area (TPSA) is 50.2 Å². The summed E-state index contributed by atoms with van der Waals surface area (Å²) in [5.41, 5.74) is 2.05. The highest BCUT2D eigenvalue weighted by molar-refractivity contribution is 6.33. The third-order valence-electron chi connectivity index (χ3n) is 3.82. The Bertz CT molecular complexity index is 675. The van der Waals surface area contributed by atoms with E-state index in [1.54, 1.807) is 10.9 Å². The predicted molar refractivity (Wildman–Crippen MR) is 87.0 cm³/mol. The van der Waals surface area contributed by atoms with Gasteiger partial charge in [0.15, 0.2) is 0 Å². The zero-order valence-corrected chi connectivity index (χ0v) is 13.3. The molecule has 1 N–H and O–H groups in total. The van der Waals surface area contributed by atoms with Gasteiger partial charge in [0.2, 0.25) is 0 Å². The van der Waals surface area contributed by atoms with Crippen molar-refractivity contribution in [2.24, 2.45) is 7.05 Å². The highest BCUT2D eigenvalue weighted by atomic mass is 35.5. The maximum Gasteiger partial charge on any atom is 0.257 e. The van der Waals surface area contributed by atoms with E-state index in [0.29, 0.717) is 16.3 Å². The number of aryl methyl sites for hydroxylation is 1. The average Bonchev–Trinajstić information content (AvgIpc) is 2.74. The van der Waals surface area contributed by atoms with Gasteiger partial charge in [0.25, 0.3) is 5.91 Å². The van der Waals surface area contributed by atoms with Gasteiger partial charge in [0, 0.05) is 38.4 Å². The van der Waals surface area contributed by atoms with Crippen molar-refractivity contribution in [3.8, 4) is 11.3 Å². The third-order valence-corrected chi connectivity index (χ3v) is 4.15. The van der Waals surface area contributed by atoms with Crippen molar-refractivity contribution in [2.45, 2.75) is 6.42 Å². The van der Waals surface area contributed by atoms with E-state index in [2.05, 4.69) is 10.4 Å². The molecule has 5 nitrogen and oxygen atoms in total. The lowest BCUT2D eigenvalue weighted by atomic mass is 10.1. The van der Waals surface area contributed by atoms with Crippen molar-refractivity contribution < 1.29 is 4.79 Å². The van der Waals surface area contributed by atoms with Gasteiger partial charge in [-0.25, -0.2) is 0 Å². The number of carbonyl (C=O) groups is 1. The van der Waals surface area contributed by atoms with Gasteiger partial charge in [-0.15, -0.1) is 0 Å². The fourth-order valence-electron chi connectivity index (χ4n) is 2.72. The lowest BCUT2D eigenvalue weighted by molar-refractivity contribution is 0.0767. The van der Waals surface area contributed by atoms with Gasteiger partial charge in [-0.3, -0.25) is 9.48 Å². The van der Waals surface area contributed by atoms with Gasteiger partial charge in [0.05, 0.1) is 10.6 Å². The van der Waals surface area contributed by atoms with E-state index in [1.165, 1.54) is 0 Å². The van der Waals surface area contributed by atoms with Crippen LogP contribution < -0.4 is 5.32 Å². The van der Waals surface area contributed by atoms with Crippen molar-refractivity contribution in [3.05, 3.63) is 41.0 Å². The Kier molecular flexibility index (Phi) is 4.45. The number of rotatable bonds is 2. The quantitative estimate of drug-likeness (QED) is 0.923. The Morgan fingerprint density at radius 1 is 1.27 bits per heavy atom. The van der Waals surface area contributed by atoms with E-state index < -0.39 is 0 Å². The zero-order chi connectivity index (χ0) is 15.5. The summed E-state index contributed by atoms with van der Waals surface area (Å²) in [4.78, 5) is 14.8. The molecule has 1 amide bonds. The molecule has 0 spiro atoms. The number of hydrogen-bond donors (Lipinski definition) is 1. The molecule has 1 saturated heterocycles. The monoisotopic (exact) mass is 318 g/mol.